The number of rotatable bonds is 3. The number of hydrogen-bond donors (Lipinski definition) is 0. The average molecular weight is 252 g/mol. The van der Waals surface area contributed by atoms with Crippen molar-refractivity contribution in [3.8, 4) is 0 Å². The first-order valence-corrected chi connectivity index (χ1v) is 6.74. The molecule has 2 aromatic carbocycles. The van der Waals surface area contributed by atoms with E-state index in [-0.39, 0.29) is 5.78 Å². The molecule has 0 saturated heterocycles. The van der Waals surface area contributed by atoms with Crippen LogP contribution in [0.2, 0.25) is 0 Å². The number of hydrogen-bond acceptors (Lipinski definition) is 1. The third kappa shape index (κ3) is 2.76. The van der Waals surface area contributed by atoms with E-state index in [2.05, 4.69) is 32.0 Å². The third-order valence-corrected chi connectivity index (χ3v) is 3.50. The van der Waals surface area contributed by atoms with Gasteiger partial charge in [-0.25, -0.2) is 0 Å². The molecular formula is C18H20O. The molecule has 2 rings (SSSR count). The summed E-state index contributed by atoms with van der Waals surface area (Å²) in [7, 11) is 0. The minimum absolute atomic E-state index is 0.130. The van der Waals surface area contributed by atoms with Crippen molar-refractivity contribution >= 4 is 5.78 Å². The molecule has 19 heavy (non-hydrogen) atoms. The van der Waals surface area contributed by atoms with Crippen molar-refractivity contribution in [2.45, 2.75) is 34.1 Å². The quantitative estimate of drug-likeness (QED) is 0.740. The molecule has 0 unspecified atom stereocenters. The Morgan fingerprint density at radius 1 is 1.00 bits per heavy atom. The van der Waals surface area contributed by atoms with Gasteiger partial charge in [-0.3, -0.25) is 4.79 Å². The molecule has 0 spiro atoms. The Hall–Kier alpha value is -1.89. The third-order valence-electron chi connectivity index (χ3n) is 3.50. The number of ketones is 1. The van der Waals surface area contributed by atoms with E-state index in [1.165, 1.54) is 11.1 Å². The van der Waals surface area contributed by atoms with Crippen LogP contribution in [0.3, 0.4) is 0 Å². The normalized spacial score (nSPS) is 10.5. The van der Waals surface area contributed by atoms with Gasteiger partial charge in [0.2, 0.25) is 0 Å². The molecule has 0 N–H and O–H groups in total. The lowest BCUT2D eigenvalue weighted by Crippen LogP contribution is -2.07. The molecule has 0 aliphatic heterocycles. The highest BCUT2D eigenvalue weighted by Gasteiger charge is 2.15. The van der Waals surface area contributed by atoms with E-state index in [1.54, 1.807) is 0 Å². The number of benzene rings is 2. The van der Waals surface area contributed by atoms with Crippen LogP contribution in [0, 0.1) is 20.8 Å². The molecule has 98 valence electrons. The van der Waals surface area contributed by atoms with Gasteiger partial charge < -0.3 is 0 Å². The summed E-state index contributed by atoms with van der Waals surface area (Å²) in [5.41, 5.74) is 6.16. The molecule has 0 radical (unpaired) electrons. The van der Waals surface area contributed by atoms with E-state index in [0.717, 1.165) is 28.7 Å². The van der Waals surface area contributed by atoms with Crippen LogP contribution in [-0.4, -0.2) is 5.78 Å². The van der Waals surface area contributed by atoms with E-state index in [0.29, 0.717) is 0 Å². The van der Waals surface area contributed by atoms with E-state index >= 15 is 0 Å². The van der Waals surface area contributed by atoms with Crippen molar-refractivity contribution in [2.75, 3.05) is 0 Å². The summed E-state index contributed by atoms with van der Waals surface area (Å²) in [5.74, 6) is 0.130. The molecule has 0 aliphatic carbocycles. The summed E-state index contributed by atoms with van der Waals surface area (Å²) in [4.78, 5) is 12.7. The molecule has 0 aliphatic rings. The molecule has 0 bridgehead atoms. The zero-order valence-corrected chi connectivity index (χ0v) is 12.1. The van der Waals surface area contributed by atoms with Crippen LogP contribution in [0.4, 0.5) is 0 Å². The maximum atomic E-state index is 12.7. The van der Waals surface area contributed by atoms with Gasteiger partial charge in [-0.05, 0) is 49.9 Å². The average Bonchev–Trinajstić information content (AvgIpc) is 2.37. The Balaban J connectivity index is 2.50. The molecule has 1 nitrogen and oxygen atoms in total. The Bertz CT molecular complexity index is 600. The first-order chi connectivity index (χ1) is 9.02. The smallest absolute Gasteiger partial charge is 0.193 e. The summed E-state index contributed by atoms with van der Waals surface area (Å²) in [6, 6.07) is 12.1. The van der Waals surface area contributed by atoms with Crippen LogP contribution in [0.1, 0.15) is 45.1 Å². The summed E-state index contributed by atoms with van der Waals surface area (Å²) in [6.45, 7) is 8.19. The molecule has 0 saturated carbocycles. The standard InChI is InChI=1S/C18H20O/c1-5-15-7-6-8-16(11-15)18(19)17-13(3)9-12(2)10-14(17)4/h6-11H,5H2,1-4H3. The predicted octanol–water partition coefficient (Wildman–Crippen LogP) is 4.41. The Kier molecular flexibility index (Phi) is 3.84. The zero-order chi connectivity index (χ0) is 14.0. The summed E-state index contributed by atoms with van der Waals surface area (Å²) < 4.78 is 0. The first kappa shape index (κ1) is 13.5. The highest BCUT2D eigenvalue weighted by atomic mass is 16.1. The molecule has 0 heterocycles. The second-order valence-electron chi connectivity index (χ2n) is 5.16. The van der Waals surface area contributed by atoms with Gasteiger partial charge in [-0.15, -0.1) is 0 Å². The van der Waals surface area contributed by atoms with Gasteiger partial charge >= 0.3 is 0 Å². The van der Waals surface area contributed by atoms with Crippen molar-refractivity contribution in [1.82, 2.24) is 0 Å². The zero-order valence-electron chi connectivity index (χ0n) is 12.1. The van der Waals surface area contributed by atoms with Crippen molar-refractivity contribution < 1.29 is 4.79 Å². The topological polar surface area (TPSA) is 17.1 Å². The van der Waals surface area contributed by atoms with Gasteiger partial charge in [0, 0.05) is 11.1 Å². The second kappa shape index (κ2) is 5.40. The fourth-order valence-corrected chi connectivity index (χ4v) is 2.62. The monoisotopic (exact) mass is 252 g/mol. The van der Waals surface area contributed by atoms with Crippen molar-refractivity contribution in [1.29, 1.82) is 0 Å². The molecule has 2 aromatic rings. The van der Waals surface area contributed by atoms with Crippen LogP contribution >= 0.6 is 0 Å². The van der Waals surface area contributed by atoms with Crippen LogP contribution in [0.5, 0.6) is 0 Å². The minimum atomic E-state index is 0.130. The van der Waals surface area contributed by atoms with Gasteiger partial charge in [0.05, 0.1) is 0 Å². The molecule has 0 amide bonds. The summed E-state index contributed by atoms with van der Waals surface area (Å²) >= 11 is 0. The fourth-order valence-electron chi connectivity index (χ4n) is 2.62. The molecule has 0 fully saturated rings. The maximum absolute atomic E-state index is 12.7. The van der Waals surface area contributed by atoms with E-state index < -0.39 is 0 Å². The fraction of sp³-hybridized carbons (Fsp3) is 0.278. The minimum Gasteiger partial charge on any atom is -0.289 e. The summed E-state index contributed by atoms with van der Waals surface area (Å²) in [5, 5.41) is 0. The van der Waals surface area contributed by atoms with E-state index in [4.69, 9.17) is 0 Å². The lowest BCUT2D eigenvalue weighted by Gasteiger charge is -2.11. The number of aryl methyl sites for hydroxylation is 4. The molecule has 1 heteroatoms. The van der Waals surface area contributed by atoms with Crippen LogP contribution < -0.4 is 0 Å². The van der Waals surface area contributed by atoms with Gasteiger partial charge in [0.25, 0.3) is 0 Å². The van der Waals surface area contributed by atoms with Crippen LogP contribution in [0.25, 0.3) is 0 Å². The number of carbonyl (C=O) groups is 1. The first-order valence-electron chi connectivity index (χ1n) is 6.74. The van der Waals surface area contributed by atoms with Crippen molar-refractivity contribution in [2.24, 2.45) is 0 Å². The Labute approximate surface area is 115 Å². The molecular weight excluding hydrogens is 232 g/mol. The number of carbonyl (C=O) groups excluding carboxylic acids is 1. The van der Waals surface area contributed by atoms with Gasteiger partial charge in [0.1, 0.15) is 0 Å². The van der Waals surface area contributed by atoms with E-state index in [9.17, 15) is 4.79 Å². The van der Waals surface area contributed by atoms with Crippen LogP contribution in [-0.2, 0) is 6.42 Å². The van der Waals surface area contributed by atoms with Gasteiger partial charge in [0.15, 0.2) is 5.78 Å². The van der Waals surface area contributed by atoms with E-state index in [1.807, 2.05) is 32.0 Å². The SMILES string of the molecule is CCc1cccc(C(=O)c2c(C)cc(C)cc2C)c1. The van der Waals surface area contributed by atoms with Gasteiger partial charge in [-0.1, -0.05) is 42.8 Å². The Morgan fingerprint density at radius 3 is 2.21 bits per heavy atom. The summed E-state index contributed by atoms with van der Waals surface area (Å²) in [6.07, 6.45) is 0.951. The lowest BCUT2D eigenvalue weighted by molar-refractivity contribution is 0.103. The second-order valence-corrected chi connectivity index (χ2v) is 5.16. The predicted molar refractivity (Wildman–Crippen MR) is 79.9 cm³/mol. The molecule has 0 aromatic heterocycles. The Morgan fingerprint density at radius 2 is 1.63 bits per heavy atom. The highest BCUT2D eigenvalue weighted by Crippen LogP contribution is 2.20. The molecule has 0 atom stereocenters. The van der Waals surface area contributed by atoms with Crippen molar-refractivity contribution in [3.63, 3.8) is 0 Å². The van der Waals surface area contributed by atoms with Crippen LogP contribution in [0.15, 0.2) is 36.4 Å². The van der Waals surface area contributed by atoms with Gasteiger partial charge in [-0.2, -0.15) is 0 Å². The largest absolute Gasteiger partial charge is 0.289 e. The lowest BCUT2D eigenvalue weighted by atomic mass is 9.92. The van der Waals surface area contributed by atoms with Crippen molar-refractivity contribution in [3.05, 3.63) is 69.8 Å². The highest BCUT2D eigenvalue weighted by molar-refractivity contribution is 6.10. The maximum Gasteiger partial charge on any atom is 0.193 e.